The van der Waals surface area contributed by atoms with Crippen LogP contribution < -0.4 is 10.6 Å². The van der Waals surface area contributed by atoms with Crippen molar-refractivity contribution in [1.29, 1.82) is 0 Å². The standard InChI is InChI=1S/C18H20N4O.C13H13BrN2O/c1-12-13(2)22(11-19-12)15-7-5-14(6-8-15)16-17(23)21-18(20-16)9-3-4-10-18;14-10-5-3-9(4-6-10)11-12(17)16-13(15-11)7-1-2-8-13/h5-8,11H,3-4,9-10H2,1-2H3,(H,21,23);3-6H,1-2,7-8H2,(H,16,17). The average Bonchev–Trinajstić information content (AvgIpc) is 3.78. The van der Waals surface area contributed by atoms with Gasteiger partial charge in [0.05, 0.1) is 12.0 Å². The van der Waals surface area contributed by atoms with E-state index < -0.39 is 0 Å². The first-order valence-corrected chi connectivity index (χ1v) is 14.8. The number of aliphatic imine (C=N–C) groups is 2. The third-order valence-electron chi connectivity index (χ3n) is 8.42. The van der Waals surface area contributed by atoms with Crippen molar-refractivity contribution in [2.75, 3.05) is 0 Å². The van der Waals surface area contributed by atoms with Gasteiger partial charge in [-0.25, -0.2) is 4.98 Å². The molecule has 2 aliphatic heterocycles. The molecule has 2 saturated carbocycles. The number of amides is 2. The summed E-state index contributed by atoms with van der Waals surface area (Å²) in [5, 5.41) is 6.12. The van der Waals surface area contributed by atoms with Crippen molar-refractivity contribution < 1.29 is 9.59 Å². The summed E-state index contributed by atoms with van der Waals surface area (Å²) in [4.78, 5) is 38.0. The van der Waals surface area contributed by atoms with Gasteiger partial charge in [-0.2, -0.15) is 0 Å². The van der Waals surface area contributed by atoms with Crippen molar-refractivity contribution in [3.8, 4) is 5.69 Å². The van der Waals surface area contributed by atoms with Gasteiger partial charge < -0.3 is 15.2 Å². The lowest BCUT2D eigenvalue weighted by Crippen LogP contribution is -2.39. The number of imidazole rings is 1. The Hall–Kier alpha value is -3.59. The van der Waals surface area contributed by atoms with Crippen LogP contribution in [0.4, 0.5) is 0 Å². The van der Waals surface area contributed by atoms with Crippen LogP contribution in [0.5, 0.6) is 0 Å². The predicted molar refractivity (Wildman–Crippen MR) is 159 cm³/mol. The number of nitrogens with zero attached hydrogens (tertiary/aromatic N) is 4. The second-order valence-electron chi connectivity index (χ2n) is 11.1. The van der Waals surface area contributed by atoms with Gasteiger partial charge in [-0.1, -0.05) is 40.2 Å². The summed E-state index contributed by atoms with van der Waals surface area (Å²) < 4.78 is 3.06. The number of rotatable bonds is 3. The minimum Gasteiger partial charge on any atom is -0.326 e. The number of carbonyl (C=O) groups is 2. The van der Waals surface area contributed by atoms with Crippen molar-refractivity contribution in [2.45, 2.75) is 76.5 Å². The molecule has 0 radical (unpaired) electrons. The molecule has 9 heteroatoms. The maximum Gasteiger partial charge on any atom is 0.272 e. The summed E-state index contributed by atoms with van der Waals surface area (Å²) in [6.45, 7) is 4.05. The quantitative estimate of drug-likeness (QED) is 0.425. The average molecular weight is 602 g/mol. The molecule has 7 rings (SSSR count). The third-order valence-corrected chi connectivity index (χ3v) is 8.95. The van der Waals surface area contributed by atoms with Crippen molar-refractivity contribution in [3.05, 3.63) is 81.8 Å². The summed E-state index contributed by atoms with van der Waals surface area (Å²) in [6.07, 6.45) is 10.2. The zero-order valence-electron chi connectivity index (χ0n) is 22.8. The van der Waals surface area contributed by atoms with Crippen LogP contribution in [0, 0.1) is 13.8 Å². The fourth-order valence-corrected chi connectivity index (χ4v) is 6.32. The fourth-order valence-electron chi connectivity index (χ4n) is 6.06. The molecule has 2 aromatic carbocycles. The molecular weight excluding hydrogens is 568 g/mol. The highest BCUT2D eigenvalue weighted by atomic mass is 79.9. The van der Waals surface area contributed by atoms with Crippen LogP contribution in [0.15, 0.2) is 69.3 Å². The molecule has 0 saturated heterocycles. The number of hydrogen-bond acceptors (Lipinski definition) is 5. The zero-order chi connectivity index (χ0) is 27.9. The summed E-state index contributed by atoms with van der Waals surface area (Å²) in [6, 6.07) is 15.7. The molecule has 2 spiro atoms. The fraction of sp³-hybridized carbons (Fsp3) is 0.387. The maximum atomic E-state index is 12.3. The second-order valence-corrected chi connectivity index (χ2v) is 12.1. The highest BCUT2D eigenvalue weighted by Gasteiger charge is 2.42. The molecule has 1 aromatic heterocycles. The Morgan fingerprint density at radius 3 is 1.60 bits per heavy atom. The van der Waals surface area contributed by atoms with Gasteiger partial charge in [-0.3, -0.25) is 19.6 Å². The van der Waals surface area contributed by atoms with E-state index in [0.29, 0.717) is 11.4 Å². The van der Waals surface area contributed by atoms with Crippen LogP contribution in [0.2, 0.25) is 0 Å². The van der Waals surface area contributed by atoms with Gasteiger partial charge in [0.2, 0.25) is 0 Å². The van der Waals surface area contributed by atoms with E-state index in [4.69, 9.17) is 4.99 Å². The second kappa shape index (κ2) is 10.4. The Kier molecular flexibility index (Phi) is 6.94. The lowest BCUT2D eigenvalue weighted by molar-refractivity contribution is -0.116. The molecule has 2 fully saturated rings. The van der Waals surface area contributed by atoms with Crippen molar-refractivity contribution in [1.82, 2.24) is 20.2 Å². The molecule has 3 aromatic rings. The van der Waals surface area contributed by atoms with E-state index in [9.17, 15) is 9.59 Å². The van der Waals surface area contributed by atoms with Gasteiger partial charge >= 0.3 is 0 Å². The highest BCUT2D eigenvalue weighted by molar-refractivity contribution is 9.10. The lowest BCUT2D eigenvalue weighted by Gasteiger charge is -2.18. The van der Waals surface area contributed by atoms with E-state index in [-0.39, 0.29) is 23.1 Å². The highest BCUT2D eigenvalue weighted by Crippen LogP contribution is 2.35. The van der Waals surface area contributed by atoms with Crippen LogP contribution in [0.25, 0.3) is 5.69 Å². The Morgan fingerprint density at radius 2 is 1.18 bits per heavy atom. The van der Waals surface area contributed by atoms with Gasteiger partial charge in [-0.05, 0) is 89.5 Å². The summed E-state index contributed by atoms with van der Waals surface area (Å²) in [7, 11) is 0. The Bertz CT molecular complexity index is 1510. The first-order chi connectivity index (χ1) is 19.3. The van der Waals surface area contributed by atoms with Crippen LogP contribution in [-0.4, -0.2) is 44.1 Å². The molecule has 2 N–H and O–H groups in total. The Labute approximate surface area is 242 Å². The minimum absolute atomic E-state index is 0.0331. The molecule has 2 amide bonds. The van der Waals surface area contributed by atoms with Gasteiger partial charge in [0.25, 0.3) is 11.8 Å². The molecule has 0 bridgehead atoms. The smallest absolute Gasteiger partial charge is 0.272 e. The normalized spacial score (nSPS) is 20.3. The van der Waals surface area contributed by atoms with E-state index in [1.165, 1.54) is 0 Å². The van der Waals surface area contributed by atoms with Crippen molar-refractivity contribution in [2.24, 2.45) is 9.98 Å². The predicted octanol–water partition coefficient (Wildman–Crippen LogP) is 5.32. The van der Waals surface area contributed by atoms with E-state index in [1.54, 1.807) is 0 Å². The number of aromatic nitrogens is 2. The van der Waals surface area contributed by atoms with Crippen molar-refractivity contribution >= 4 is 39.2 Å². The number of aryl methyl sites for hydroxylation is 1. The van der Waals surface area contributed by atoms with E-state index >= 15 is 0 Å². The molecule has 2 aliphatic carbocycles. The van der Waals surface area contributed by atoms with Crippen LogP contribution >= 0.6 is 15.9 Å². The monoisotopic (exact) mass is 600 g/mol. The van der Waals surface area contributed by atoms with Gasteiger partial charge in [0, 0.05) is 27.0 Å². The summed E-state index contributed by atoms with van der Waals surface area (Å²) in [5.74, 6) is -0.0801. The number of carbonyl (C=O) groups excluding carboxylic acids is 2. The molecule has 3 heterocycles. The van der Waals surface area contributed by atoms with Crippen LogP contribution in [-0.2, 0) is 9.59 Å². The summed E-state index contributed by atoms with van der Waals surface area (Å²) in [5.41, 5.74) is 5.50. The first kappa shape index (κ1) is 26.6. The van der Waals surface area contributed by atoms with Crippen molar-refractivity contribution in [3.63, 3.8) is 0 Å². The van der Waals surface area contributed by atoms with Gasteiger partial charge in [-0.15, -0.1) is 0 Å². The molecule has 0 unspecified atom stereocenters. The minimum atomic E-state index is -0.330. The zero-order valence-corrected chi connectivity index (χ0v) is 24.4. The maximum absolute atomic E-state index is 12.3. The third kappa shape index (κ3) is 5.03. The summed E-state index contributed by atoms with van der Waals surface area (Å²) >= 11 is 3.39. The number of nitrogens with one attached hydrogen (secondary N) is 2. The van der Waals surface area contributed by atoms with E-state index in [2.05, 4.69) is 43.5 Å². The van der Waals surface area contributed by atoms with Crippen LogP contribution in [0.3, 0.4) is 0 Å². The molecule has 0 atom stereocenters. The topological polar surface area (TPSA) is 101 Å². The Morgan fingerprint density at radius 1 is 0.725 bits per heavy atom. The molecule has 40 heavy (non-hydrogen) atoms. The molecule has 4 aliphatic rings. The number of hydrogen-bond donors (Lipinski definition) is 2. The van der Waals surface area contributed by atoms with Crippen LogP contribution in [0.1, 0.15) is 73.9 Å². The van der Waals surface area contributed by atoms with E-state index in [0.717, 1.165) is 84.0 Å². The van der Waals surface area contributed by atoms with E-state index in [1.807, 2.05) is 66.3 Å². The first-order valence-electron chi connectivity index (χ1n) is 14.0. The SMILES string of the molecule is Cc1ncn(-c2ccc(C3=NC4(CCCC4)NC3=O)cc2)c1C.O=C1NC2(CCCC2)N=C1c1ccc(Br)cc1. The van der Waals surface area contributed by atoms with Gasteiger partial charge in [0.15, 0.2) is 0 Å². The molecule has 206 valence electrons. The number of benzene rings is 2. The largest absolute Gasteiger partial charge is 0.326 e. The van der Waals surface area contributed by atoms with Gasteiger partial charge in [0.1, 0.15) is 22.7 Å². The molecule has 8 nitrogen and oxygen atoms in total. The molecular formula is C31H33BrN6O2. The lowest BCUT2D eigenvalue weighted by atomic mass is 10.1. The Balaban J connectivity index is 0.000000151. The number of halogens is 1.